The van der Waals surface area contributed by atoms with Crippen molar-refractivity contribution in [3.63, 3.8) is 0 Å². The molecule has 0 aliphatic heterocycles. The van der Waals surface area contributed by atoms with Gasteiger partial charge in [0.05, 0.1) is 0 Å². The van der Waals surface area contributed by atoms with Crippen molar-refractivity contribution in [3.8, 4) is 0 Å². The van der Waals surface area contributed by atoms with E-state index in [4.69, 9.17) is 5.73 Å². The van der Waals surface area contributed by atoms with Crippen molar-refractivity contribution < 1.29 is 14.7 Å². The van der Waals surface area contributed by atoms with Crippen LogP contribution in [0.1, 0.15) is 24.0 Å². The summed E-state index contributed by atoms with van der Waals surface area (Å²) < 4.78 is 0. The van der Waals surface area contributed by atoms with Gasteiger partial charge in [0.25, 0.3) is 0 Å². The molecule has 0 radical (unpaired) electrons. The van der Waals surface area contributed by atoms with E-state index in [0.717, 1.165) is 5.56 Å². The number of hydrogen-bond acceptors (Lipinski definition) is 3. The van der Waals surface area contributed by atoms with Crippen LogP contribution >= 0.6 is 0 Å². The van der Waals surface area contributed by atoms with E-state index >= 15 is 0 Å². The molecular formula is C18H19NO3. The summed E-state index contributed by atoms with van der Waals surface area (Å²) in [6, 6.07) is 17.7. The van der Waals surface area contributed by atoms with Crippen LogP contribution in [0.25, 0.3) is 0 Å². The first kappa shape index (κ1) is 15.9. The van der Waals surface area contributed by atoms with Gasteiger partial charge in [-0.05, 0) is 18.1 Å². The number of hydrogen-bond donors (Lipinski definition) is 2. The molecule has 0 fully saturated rings. The molecule has 0 aromatic heterocycles. The predicted molar refractivity (Wildman–Crippen MR) is 84.7 cm³/mol. The van der Waals surface area contributed by atoms with Crippen LogP contribution in [0.4, 0.5) is 0 Å². The van der Waals surface area contributed by atoms with E-state index in [1.165, 1.54) is 6.92 Å². The fourth-order valence-corrected chi connectivity index (χ4v) is 3.02. The summed E-state index contributed by atoms with van der Waals surface area (Å²) in [5.74, 6) is -2.23. The minimum absolute atomic E-state index is 0.0603. The second-order valence-corrected chi connectivity index (χ2v) is 5.23. The number of carboxylic acids is 1. The van der Waals surface area contributed by atoms with E-state index in [0.29, 0.717) is 5.56 Å². The van der Waals surface area contributed by atoms with E-state index in [9.17, 15) is 14.7 Å². The fourth-order valence-electron chi connectivity index (χ4n) is 3.02. The Hall–Kier alpha value is -2.46. The molecule has 0 amide bonds. The molecule has 22 heavy (non-hydrogen) atoms. The Morgan fingerprint density at radius 1 is 1.05 bits per heavy atom. The van der Waals surface area contributed by atoms with E-state index in [2.05, 4.69) is 0 Å². The maximum Gasteiger partial charge on any atom is 0.322 e. The zero-order chi connectivity index (χ0) is 16.2. The van der Waals surface area contributed by atoms with Crippen molar-refractivity contribution in [2.45, 2.75) is 18.3 Å². The zero-order valence-electron chi connectivity index (χ0n) is 12.4. The highest BCUT2D eigenvalue weighted by molar-refractivity contribution is 6.09. The zero-order valence-corrected chi connectivity index (χ0v) is 12.4. The maximum absolute atomic E-state index is 12.4. The molecular weight excluding hydrogens is 278 g/mol. The van der Waals surface area contributed by atoms with E-state index in [-0.39, 0.29) is 6.54 Å². The number of carbonyl (C=O) groups excluding carboxylic acids is 1. The highest BCUT2D eigenvalue weighted by Gasteiger charge is 2.51. The SMILES string of the molecule is CC(=O)C(C(=O)O)(c1ccccc1)C(CN)c1ccccc1. The Morgan fingerprint density at radius 3 is 1.95 bits per heavy atom. The van der Waals surface area contributed by atoms with Crippen LogP contribution in [0.5, 0.6) is 0 Å². The minimum atomic E-state index is -1.68. The Kier molecular flexibility index (Phi) is 4.73. The van der Waals surface area contributed by atoms with Gasteiger partial charge in [-0.15, -0.1) is 0 Å². The summed E-state index contributed by atoms with van der Waals surface area (Å²) in [5.41, 5.74) is 5.40. The van der Waals surface area contributed by atoms with Gasteiger partial charge in [0, 0.05) is 12.5 Å². The van der Waals surface area contributed by atoms with Crippen LogP contribution in [0.3, 0.4) is 0 Å². The molecule has 2 atom stereocenters. The lowest BCUT2D eigenvalue weighted by Crippen LogP contribution is -2.50. The maximum atomic E-state index is 12.4. The van der Waals surface area contributed by atoms with Gasteiger partial charge >= 0.3 is 5.97 Å². The van der Waals surface area contributed by atoms with Crippen molar-refractivity contribution in [3.05, 3.63) is 71.8 Å². The van der Waals surface area contributed by atoms with Gasteiger partial charge in [-0.25, -0.2) is 0 Å². The van der Waals surface area contributed by atoms with Crippen LogP contribution in [-0.2, 0) is 15.0 Å². The minimum Gasteiger partial charge on any atom is -0.480 e. The number of nitrogens with two attached hydrogens (primary N) is 1. The molecule has 0 saturated heterocycles. The topological polar surface area (TPSA) is 80.4 Å². The first-order valence-corrected chi connectivity index (χ1v) is 7.10. The molecule has 114 valence electrons. The van der Waals surface area contributed by atoms with Gasteiger partial charge < -0.3 is 10.8 Å². The van der Waals surface area contributed by atoms with E-state index < -0.39 is 23.1 Å². The fraction of sp³-hybridized carbons (Fsp3) is 0.222. The summed E-state index contributed by atoms with van der Waals surface area (Å²) in [6.45, 7) is 1.37. The highest BCUT2D eigenvalue weighted by Crippen LogP contribution is 2.40. The predicted octanol–water partition coefficient (Wildman–Crippen LogP) is 2.34. The number of Topliss-reactive ketones (excluding diaryl/α,β-unsaturated/α-hetero) is 1. The highest BCUT2D eigenvalue weighted by atomic mass is 16.4. The van der Waals surface area contributed by atoms with E-state index in [1.807, 2.05) is 18.2 Å². The van der Waals surface area contributed by atoms with E-state index in [1.54, 1.807) is 42.5 Å². The van der Waals surface area contributed by atoms with Crippen LogP contribution in [0.2, 0.25) is 0 Å². The standard InChI is InChI=1S/C18H19NO3/c1-13(20)18(17(21)22,15-10-6-3-7-11-15)16(12-19)14-8-4-2-5-9-14/h2-11,16H,12,19H2,1H3,(H,21,22). The average molecular weight is 297 g/mol. The van der Waals surface area contributed by atoms with Gasteiger partial charge in [-0.3, -0.25) is 9.59 Å². The second kappa shape index (κ2) is 6.54. The molecule has 0 bridgehead atoms. The van der Waals surface area contributed by atoms with Crippen LogP contribution < -0.4 is 5.73 Å². The second-order valence-electron chi connectivity index (χ2n) is 5.23. The Morgan fingerprint density at radius 2 is 1.55 bits per heavy atom. The van der Waals surface area contributed by atoms with Crippen molar-refractivity contribution in [2.24, 2.45) is 5.73 Å². The van der Waals surface area contributed by atoms with Crippen molar-refractivity contribution in [2.75, 3.05) is 6.54 Å². The molecule has 0 aliphatic rings. The van der Waals surface area contributed by atoms with Gasteiger partial charge in [0.1, 0.15) is 0 Å². The number of aliphatic carboxylic acids is 1. The lowest BCUT2D eigenvalue weighted by molar-refractivity contribution is -0.149. The lowest BCUT2D eigenvalue weighted by Gasteiger charge is -2.35. The molecule has 0 heterocycles. The van der Waals surface area contributed by atoms with Crippen molar-refractivity contribution in [1.82, 2.24) is 0 Å². The van der Waals surface area contributed by atoms with Gasteiger partial charge in [-0.1, -0.05) is 60.7 Å². The number of carboxylic acid groups (broad SMARTS) is 1. The molecule has 0 spiro atoms. The summed E-state index contributed by atoms with van der Waals surface area (Å²) in [5, 5.41) is 9.93. The molecule has 0 saturated carbocycles. The summed E-state index contributed by atoms with van der Waals surface area (Å²) in [6.07, 6.45) is 0. The molecule has 3 N–H and O–H groups in total. The van der Waals surface area contributed by atoms with Gasteiger partial charge in [-0.2, -0.15) is 0 Å². The molecule has 2 aromatic carbocycles. The van der Waals surface area contributed by atoms with Gasteiger partial charge in [0.2, 0.25) is 0 Å². The monoisotopic (exact) mass is 297 g/mol. The third-order valence-electron chi connectivity index (χ3n) is 4.08. The van der Waals surface area contributed by atoms with Crippen LogP contribution in [-0.4, -0.2) is 23.4 Å². The number of benzene rings is 2. The Labute approximate surface area is 129 Å². The third kappa shape index (κ3) is 2.53. The lowest BCUT2D eigenvalue weighted by atomic mass is 9.65. The molecule has 2 unspecified atom stereocenters. The number of ketones is 1. The summed E-state index contributed by atoms with van der Waals surface area (Å²) in [7, 11) is 0. The molecule has 2 aromatic rings. The van der Waals surface area contributed by atoms with Crippen LogP contribution in [0, 0.1) is 0 Å². The summed E-state index contributed by atoms with van der Waals surface area (Å²) >= 11 is 0. The van der Waals surface area contributed by atoms with Gasteiger partial charge in [0.15, 0.2) is 11.2 Å². The molecule has 4 heteroatoms. The Balaban J connectivity index is 2.72. The first-order chi connectivity index (χ1) is 10.5. The molecule has 4 nitrogen and oxygen atoms in total. The Bertz CT molecular complexity index is 639. The quantitative estimate of drug-likeness (QED) is 0.802. The normalized spacial score (nSPS) is 14.8. The molecule has 2 rings (SSSR count). The third-order valence-corrected chi connectivity index (χ3v) is 4.08. The average Bonchev–Trinajstić information content (AvgIpc) is 2.53. The first-order valence-electron chi connectivity index (χ1n) is 7.10. The molecule has 0 aliphatic carbocycles. The van der Waals surface area contributed by atoms with Crippen molar-refractivity contribution >= 4 is 11.8 Å². The van der Waals surface area contributed by atoms with Crippen molar-refractivity contribution in [1.29, 1.82) is 0 Å². The summed E-state index contributed by atoms with van der Waals surface area (Å²) in [4.78, 5) is 24.6. The largest absolute Gasteiger partial charge is 0.480 e. The number of rotatable bonds is 6. The van der Waals surface area contributed by atoms with Crippen LogP contribution in [0.15, 0.2) is 60.7 Å². The number of carbonyl (C=O) groups is 2. The smallest absolute Gasteiger partial charge is 0.322 e.